The van der Waals surface area contributed by atoms with Gasteiger partial charge in [-0.3, -0.25) is 9.59 Å². The molecule has 0 aliphatic rings. The minimum Gasteiger partial charge on any atom is -0.466 e. The highest BCUT2D eigenvalue weighted by Gasteiger charge is 2.13. The topological polar surface area (TPSA) is 112 Å². The molecular weight excluding hydrogens is 1010 g/mol. The molecule has 0 heterocycles. The summed E-state index contributed by atoms with van der Waals surface area (Å²) in [5.41, 5.74) is 0. The average Bonchev–Trinajstić information content (AvgIpc) is 3.46. The van der Waals surface area contributed by atoms with Crippen molar-refractivity contribution in [3.05, 3.63) is 24.3 Å². The van der Waals surface area contributed by atoms with E-state index in [1.807, 2.05) is 5.06 Å². The average molecular weight is 1150 g/mol. The molecule has 0 radical (unpaired) electrons. The van der Waals surface area contributed by atoms with Gasteiger partial charge in [0.05, 0.1) is 33.0 Å². The van der Waals surface area contributed by atoms with Gasteiger partial charge in [-0.15, -0.1) is 5.06 Å². The van der Waals surface area contributed by atoms with Crippen LogP contribution in [-0.2, 0) is 23.9 Å². The van der Waals surface area contributed by atoms with Crippen molar-refractivity contribution in [1.29, 1.82) is 0 Å². The number of esters is 1. The van der Waals surface area contributed by atoms with E-state index in [0.29, 0.717) is 32.7 Å². The maximum absolute atomic E-state index is 12.8. The summed E-state index contributed by atoms with van der Waals surface area (Å²) >= 11 is 0. The summed E-state index contributed by atoms with van der Waals surface area (Å²) in [6.45, 7) is 16.7. The van der Waals surface area contributed by atoms with Crippen LogP contribution in [0, 0.1) is 0 Å². The molecule has 0 atom stereocenters. The van der Waals surface area contributed by atoms with E-state index in [1.54, 1.807) is 0 Å². The highest BCUT2D eigenvalue weighted by Crippen LogP contribution is 2.16. The van der Waals surface area contributed by atoms with Gasteiger partial charge in [-0.2, -0.15) is 0 Å². The normalized spacial score (nSPS) is 12.0. The van der Waals surface area contributed by atoms with Crippen molar-refractivity contribution >= 4 is 11.9 Å². The second-order valence-electron chi connectivity index (χ2n) is 24.1. The predicted octanol–water partition coefficient (Wildman–Crippen LogP) is 19.2. The maximum atomic E-state index is 12.8. The molecule has 480 valence electrons. The Hall–Kier alpha value is -1.82. The number of carbonyl (C=O) groups excluding carboxylic acids is 2. The third-order valence-electron chi connectivity index (χ3n) is 16.2. The van der Waals surface area contributed by atoms with Gasteiger partial charge in [-0.25, -0.2) is 0 Å². The number of unbranched alkanes of at least 4 members (excludes halogenated alkanes) is 39. The van der Waals surface area contributed by atoms with Gasteiger partial charge in [0.15, 0.2) is 0 Å². The third-order valence-corrected chi connectivity index (χ3v) is 16.2. The van der Waals surface area contributed by atoms with Crippen molar-refractivity contribution in [2.45, 2.75) is 335 Å². The lowest BCUT2D eigenvalue weighted by Gasteiger charge is -2.22. The van der Waals surface area contributed by atoms with E-state index in [9.17, 15) is 14.7 Å². The van der Waals surface area contributed by atoms with E-state index in [1.165, 1.54) is 244 Å². The molecule has 0 aromatic heterocycles. The van der Waals surface area contributed by atoms with Crippen molar-refractivity contribution in [3.63, 3.8) is 0 Å². The number of hydrogen-bond donors (Lipinski definition) is 2. The lowest BCUT2D eigenvalue weighted by atomic mass is 10.1. The van der Waals surface area contributed by atoms with E-state index in [2.05, 4.69) is 54.9 Å². The summed E-state index contributed by atoms with van der Waals surface area (Å²) in [5.74, 6) is -0.0648. The molecule has 0 aromatic carbocycles. The third kappa shape index (κ3) is 64.0. The molecule has 0 spiro atoms. The minimum atomic E-state index is -0.0410. The molecule has 10 nitrogen and oxygen atoms in total. The molecule has 0 bridgehead atoms. The van der Waals surface area contributed by atoms with E-state index < -0.39 is 0 Å². The van der Waals surface area contributed by atoms with E-state index in [-0.39, 0.29) is 25.2 Å². The molecular formula is C71H139N3O7. The summed E-state index contributed by atoms with van der Waals surface area (Å²) in [6.07, 6.45) is 68.2. The first-order chi connectivity index (χ1) is 40.0. The Morgan fingerprint density at radius 2 is 0.667 bits per heavy atom. The SMILES string of the molecule is CCCCC/C=C\C/C=C\CCCCCCCCN(CCO)CCCCCCCCCCOC(=O)CCCCCCCCCN(CCCCCCCCCCC(=O)ON(CCCCCCCC)CCCCCCCC)CCOCCO. The monoisotopic (exact) mass is 1150 g/mol. The molecule has 0 saturated heterocycles. The second-order valence-corrected chi connectivity index (χ2v) is 24.1. The van der Waals surface area contributed by atoms with E-state index in [4.69, 9.17) is 19.4 Å². The predicted molar refractivity (Wildman–Crippen MR) is 348 cm³/mol. The number of allylic oxidation sites excluding steroid dienone is 4. The van der Waals surface area contributed by atoms with Gasteiger partial charge in [0, 0.05) is 39.0 Å². The Balaban J connectivity index is 3.89. The zero-order valence-electron chi connectivity index (χ0n) is 54.4. The number of hydrogen-bond acceptors (Lipinski definition) is 10. The van der Waals surface area contributed by atoms with Crippen LogP contribution in [0.2, 0.25) is 0 Å². The van der Waals surface area contributed by atoms with Crippen LogP contribution < -0.4 is 0 Å². The van der Waals surface area contributed by atoms with Gasteiger partial charge in [0.25, 0.3) is 0 Å². The van der Waals surface area contributed by atoms with Crippen LogP contribution in [0.5, 0.6) is 0 Å². The molecule has 0 aliphatic carbocycles. The maximum Gasteiger partial charge on any atom is 0.325 e. The summed E-state index contributed by atoms with van der Waals surface area (Å²) < 4.78 is 11.2. The number of rotatable bonds is 69. The molecule has 10 heteroatoms. The van der Waals surface area contributed by atoms with Crippen molar-refractivity contribution in [3.8, 4) is 0 Å². The van der Waals surface area contributed by atoms with Crippen molar-refractivity contribution in [1.82, 2.24) is 14.9 Å². The first-order valence-electron chi connectivity index (χ1n) is 35.7. The first kappa shape index (κ1) is 79.2. The number of nitrogens with zero attached hydrogens (tertiary/aromatic N) is 3. The molecule has 0 rings (SSSR count). The fraction of sp³-hybridized carbons (Fsp3) is 0.915. The number of aliphatic hydroxyl groups is 2. The Morgan fingerprint density at radius 1 is 0.321 bits per heavy atom. The molecule has 81 heavy (non-hydrogen) atoms. The smallest absolute Gasteiger partial charge is 0.325 e. The van der Waals surface area contributed by atoms with Crippen LogP contribution in [0.15, 0.2) is 24.3 Å². The van der Waals surface area contributed by atoms with Crippen LogP contribution in [0.3, 0.4) is 0 Å². The second kappa shape index (κ2) is 69.0. The molecule has 2 N–H and O–H groups in total. The Bertz CT molecular complexity index is 1280. The fourth-order valence-electron chi connectivity index (χ4n) is 10.9. The summed E-state index contributed by atoms with van der Waals surface area (Å²) in [6, 6.07) is 0. The number of hydroxylamine groups is 2. The number of ether oxygens (including phenoxy) is 2. The van der Waals surface area contributed by atoms with Crippen LogP contribution in [0.4, 0.5) is 0 Å². The first-order valence-corrected chi connectivity index (χ1v) is 35.7. The standard InChI is InChI=1S/C71H139N3O7/c1-4-7-10-13-16-17-18-19-20-21-22-23-25-32-39-48-57-72(63-65-75)58-49-40-34-27-28-36-45-54-67-80-70(77)55-46-37-31-29-35-42-51-60-73(64-68-79-69-66-76)59-50-41-33-26-24-30-38-47-56-71(78)81-74(61-52-43-14-11-8-5-2)62-53-44-15-12-9-6-3/h16-17,19-20,75-76H,4-15,18,21-69H2,1-3H3/b17-16-,20-19-. The lowest BCUT2D eigenvalue weighted by Crippen LogP contribution is -2.30. The number of aliphatic hydroxyl groups excluding tert-OH is 2. The summed E-state index contributed by atoms with van der Waals surface area (Å²) in [4.78, 5) is 36.0. The van der Waals surface area contributed by atoms with Crippen LogP contribution in [0.25, 0.3) is 0 Å². The van der Waals surface area contributed by atoms with Crippen LogP contribution >= 0.6 is 0 Å². The zero-order valence-corrected chi connectivity index (χ0v) is 54.4. The highest BCUT2D eigenvalue weighted by molar-refractivity contribution is 5.69. The highest BCUT2D eigenvalue weighted by atomic mass is 16.7. The van der Waals surface area contributed by atoms with Gasteiger partial charge in [-0.1, -0.05) is 257 Å². The van der Waals surface area contributed by atoms with Gasteiger partial charge in [0.2, 0.25) is 0 Å². The molecule has 0 amide bonds. The van der Waals surface area contributed by atoms with Gasteiger partial charge in [0.1, 0.15) is 0 Å². The minimum absolute atomic E-state index is 0.0238. The Labute approximate surface area is 503 Å². The Morgan fingerprint density at radius 3 is 1.10 bits per heavy atom. The fourth-order valence-corrected chi connectivity index (χ4v) is 10.9. The number of carbonyl (C=O) groups is 2. The Kier molecular flexibility index (Phi) is 67.4. The zero-order chi connectivity index (χ0) is 58.7. The van der Waals surface area contributed by atoms with Crippen molar-refractivity contribution in [2.75, 3.05) is 85.4 Å². The van der Waals surface area contributed by atoms with E-state index >= 15 is 0 Å². The van der Waals surface area contributed by atoms with Gasteiger partial charge >= 0.3 is 11.9 Å². The quantitative estimate of drug-likeness (QED) is 0.0264. The van der Waals surface area contributed by atoms with Crippen molar-refractivity contribution in [2.24, 2.45) is 0 Å². The lowest BCUT2D eigenvalue weighted by molar-refractivity contribution is -0.191. The molecule has 0 unspecified atom stereocenters. The van der Waals surface area contributed by atoms with Crippen LogP contribution in [-0.4, -0.2) is 122 Å². The molecule has 0 saturated carbocycles. The van der Waals surface area contributed by atoms with Crippen LogP contribution in [0.1, 0.15) is 335 Å². The van der Waals surface area contributed by atoms with Gasteiger partial charge in [-0.05, 0) is 116 Å². The van der Waals surface area contributed by atoms with Gasteiger partial charge < -0.3 is 34.3 Å². The largest absolute Gasteiger partial charge is 0.466 e. The molecule has 0 aliphatic heterocycles. The van der Waals surface area contributed by atoms with Crippen molar-refractivity contribution < 1.29 is 34.1 Å². The molecule has 0 aromatic rings. The molecule has 0 fully saturated rings. The van der Waals surface area contributed by atoms with E-state index in [0.717, 1.165) is 110 Å². The summed E-state index contributed by atoms with van der Waals surface area (Å²) in [7, 11) is 0. The summed E-state index contributed by atoms with van der Waals surface area (Å²) in [5, 5.41) is 20.7.